The van der Waals surface area contributed by atoms with Crippen molar-refractivity contribution in [2.75, 3.05) is 13.1 Å². The number of hydrogen-bond donors (Lipinski definition) is 0. The number of aromatic nitrogens is 2. The van der Waals surface area contributed by atoms with Crippen molar-refractivity contribution >= 4 is 15.9 Å². The fourth-order valence-electron chi connectivity index (χ4n) is 3.83. The van der Waals surface area contributed by atoms with Gasteiger partial charge in [0, 0.05) is 18.9 Å². The predicted molar refractivity (Wildman–Crippen MR) is 104 cm³/mol. The Morgan fingerprint density at radius 1 is 1.07 bits per heavy atom. The number of carbonyl (C=O) groups is 1. The second kappa shape index (κ2) is 7.22. The third kappa shape index (κ3) is 3.14. The standard InChI is InChI=1S/C20H18N4O5S/c25-20(16-6-4-10-28-16)23-12-15-17(13-23)29-19-18(7-3-9-22-19)30(26,27)24(15)11-14-5-1-2-8-21-14/h1-10,15,17H,11-13H2. The van der Waals surface area contributed by atoms with Gasteiger partial charge in [-0.3, -0.25) is 9.78 Å². The number of likely N-dealkylation sites (tertiary alicyclic amines) is 1. The lowest BCUT2D eigenvalue weighted by Gasteiger charge is -2.27. The van der Waals surface area contributed by atoms with Crippen LogP contribution in [0.1, 0.15) is 16.2 Å². The topological polar surface area (TPSA) is 106 Å². The van der Waals surface area contributed by atoms with Crippen LogP contribution in [-0.4, -0.2) is 58.7 Å². The largest absolute Gasteiger partial charge is 0.470 e. The van der Waals surface area contributed by atoms with Crippen LogP contribution in [0.25, 0.3) is 0 Å². The average Bonchev–Trinajstić information content (AvgIpc) is 3.41. The number of pyridine rings is 2. The molecule has 2 atom stereocenters. The molecular weight excluding hydrogens is 408 g/mol. The summed E-state index contributed by atoms with van der Waals surface area (Å²) in [5.41, 5.74) is 0.600. The van der Waals surface area contributed by atoms with Crippen molar-refractivity contribution in [2.45, 2.75) is 23.6 Å². The van der Waals surface area contributed by atoms with E-state index >= 15 is 0 Å². The minimum atomic E-state index is -3.93. The molecule has 154 valence electrons. The van der Waals surface area contributed by atoms with E-state index in [0.29, 0.717) is 5.69 Å². The fourth-order valence-corrected chi connectivity index (χ4v) is 5.52. The maximum Gasteiger partial charge on any atom is 0.289 e. The van der Waals surface area contributed by atoms with Crippen LogP contribution in [0, 0.1) is 0 Å². The number of rotatable bonds is 3. The lowest BCUT2D eigenvalue weighted by Crippen LogP contribution is -2.46. The Bertz CT molecular complexity index is 1170. The van der Waals surface area contributed by atoms with Gasteiger partial charge in [-0.25, -0.2) is 13.4 Å². The molecule has 1 fully saturated rings. The number of nitrogens with zero attached hydrogens (tertiary/aromatic N) is 4. The number of sulfonamides is 1. The van der Waals surface area contributed by atoms with Crippen LogP contribution >= 0.6 is 0 Å². The van der Waals surface area contributed by atoms with E-state index < -0.39 is 22.2 Å². The zero-order valence-electron chi connectivity index (χ0n) is 15.8. The van der Waals surface area contributed by atoms with Crippen LogP contribution in [0.5, 0.6) is 5.88 Å². The smallest absolute Gasteiger partial charge is 0.289 e. The van der Waals surface area contributed by atoms with Crippen molar-refractivity contribution in [1.82, 2.24) is 19.2 Å². The highest BCUT2D eigenvalue weighted by atomic mass is 32.2. The normalized spacial score (nSPS) is 22.6. The van der Waals surface area contributed by atoms with Crippen molar-refractivity contribution < 1.29 is 22.4 Å². The summed E-state index contributed by atoms with van der Waals surface area (Å²) < 4.78 is 39.7. The van der Waals surface area contributed by atoms with E-state index in [1.807, 2.05) is 0 Å². The molecule has 0 aromatic carbocycles. The van der Waals surface area contributed by atoms with E-state index in [1.54, 1.807) is 47.5 Å². The fraction of sp³-hybridized carbons (Fsp3) is 0.250. The lowest BCUT2D eigenvalue weighted by atomic mass is 10.2. The summed E-state index contributed by atoms with van der Waals surface area (Å²) in [6.45, 7) is 0.448. The number of fused-ring (bicyclic) bond motifs is 2. The summed E-state index contributed by atoms with van der Waals surface area (Å²) in [4.78, 5) is 22.8. The molecule has 0 spiro atoms. The van der Waals surface area contributed by atoms with Crippen LogP contribution in [0.2, 0.25) is 0 Å². The van der Waals surface area contributed by atoms with Crippen LogP contribution in [0.15, 0.2) is 70.4 Å². The molecule has 0 saturated carbocycles. The van der Waals surface area contributed by atoms with Gasteiger partial charge in [-0.15, -0.1) is 0 Å². The molecular formula is C20H18N4O5S. The first-order valence-electron chi connectivity index (χ1n) is 9.40. The van der Waals surface area contributed by atoms with Crippen LogP contribution in [0.4, 0.5) is 0 Å². The van der Waals surface area contributed by atoms with E-state index in [4.69, 9.17) is 9.15 Å². The third-order valence-electron chi connectivity index (χ3n) is 5.26. The molecule has 0 bridgehead atoms. The Hall–Kier alpha value is -3.24. The molecule has 5 rings (SSSR count). The number of hydrogen-bond acceptors (Lipinski definition) is 7. The van der Waals surface area contributed by atoms with Gasteiger partial charge in [0.15, 0.2) is 5.76 Å². The van der Waals surface area contributed by atoms with Crippen molar-refractivity contribution in [3.63, 3.8) is 0 Å². The predicted octanol–water partition coefficient (Wildman–Crippen LogP) is 1.55. The SMILES string of the molecule is O=C(c1ccco1)N1CC2Oc3ncccc3S(=O)(=O)N(Cc3ccccn3)C2C1. The van der Waals surface area contributed by atoms with Crippen LogP contribution in [0.3, 0.4) is 0 Å². The molecule has 3 aromatic heterocycles. The molecule has 5 heterocycles. The Kier molecular flexibility index (Phi) is 4.52. The number of ether oxygens (including phenoxy) is 1. The monoisotopic (exact) mass is 426 g/mol. The van der Waals surface area contributed by atoms with E-state index in [1.165, 1.54) is 22.8 Å². The quantitative estimate of drug-likeness (QED) is 0.625. The molecule has 2 aliphatic rings. The van der Waals surface area contributed by atoms with Crippen LogP contribution < -0.4 is 4.74 Å². The molecule has 9 nitrogen and oxygen atoms in total. The summed E-state index contributed by atoms with van der Waals surface area (Å²) >= 11 is 0. The van der Waals surface area contributed by atoms with Crippen molar-refractivity contribution in [2.24, 2.45) is 0 Å². The molecule has 3 aromatic rings. The van der Waals surface area contributed by atoms with E-state index in [2.05, 4.69) is 9.97 Å². The van der Waals surface area contributed by atoms with Gasteiger partial charge >= 0.3 is 0 Å². The minimum absolute atomic E-state index is 0.0132. The van der Waals surface area contributed by atoms with E-state index in [9.17, 15) is 13.2 Å². The molecule has 0 radical (unpaired) electrons. The summed E-state index contributed by atoms with van der Waals surface area (Å²) in [6, 6.07) is 11.0. The highest BCUT2D eigenvalue weighted by molar-refractivity contribution is 7.89. The maximum absolute atomic E-state index is 13.5. The first kappa shape index (κ1) is 18.8. The molecule has 10 heteroatoms. The number of amides is 1. The Morgan fingerprint density at radius 2 is 1.93 bits per heavy atom. The van der Waals surface area contributed by atoms with Gasteiger partial charge in [0.05, 0.1) is 31.1 Å². The zero-order chi connectivity index (χ0) is 20.7. The number of carbonyl (C=O) groups excluding carboxylic acids is 1. The molecule has 30 heavy (non-hydrogen) atoms. The molecule has 0 N–H and O–H groups in total. The number of furan rings is 1. The Labute approximate surface area is 173 Å². The summed E-state index contributed by atoms with van der Waals surface area (Å²) in [5.74, 6) is -0.0689. The van der Waals surface area contributed by atoms with E-state index in [-0.39, 0.29) is 42.1 Å². The molecule has 1 amide bonds. The van der Waals surface area contributed by atoms with Gasteiger partial charge in [0.25, 0.3) is 5.91 Å². The summed E-state index contributed by atoms with van der Waals surface area (Å²) in [7, 11) is -3.93. The second-order valence-electron chi connectivity index (χ2n) is 7.09. The molecule has 0 aliphatic carbocycles. The molecule has 1 saturated heterocycles. The van der Waals surface area contributed by atoms with E-state index in [0.717, 1.165) is 0 Å². The van der Waals surface area contributed by atoms with Gasteiger partial charge in [-0.1, -0.05) is 6.07 Å². The van der Waals surface area contributed by atoms with Crippen molar-refractivity contribution in [3.8, 4) is 5.88 Å². The second-order valence-corrected chi connectivity index (χ2v) is 8.95. The minimum Gasteiger partial charge on any atom is -0.470 e. The first-order chi connectivity index (χ1) is 14.5. The Balaban J connectivity index is 1.55. The first-order valence-corrected chi connectivity index (χ1v) is 10.8. The van der Waals surface area contributed by atoms with Gasteiger partial charge in [-0.2, -0.15) is 4.31 Å². The molecule has 2 aliphatic heterocycles. The Morgan fingerprint density at radius 3 is 2.70 bits per heavy atom. The highest BCUT2D eigenvalue weighted by Gasteiger charge is 2.49. The zero-order valence-corrected chi connectivity index (χ0v) is 16.6. The summed E-state index contributed by atoms with van der Waals surface area (Å²) in [6.07, 6.45) is 3.96. The van der Waals surface area contributed by atoms with Crippen LogP contribution in [-0.2, 0) is 16.6 Å². The summed E-state index contributed by atoms with van der Waals surface area (Å²) in [5, 5.41) is 0. The highest BCUT2D eigenvalue weighted by Crippen LogP contribution is 2.35. The maximum atomic E-state index is 13.5. The lowest BCUT2D eigenvalue weighted by molar-refractivity contribution is 0.0738. The van der Waals surface area contributed by atoms with Gasteiger partial charge in [0.2, 0.25) is 15.9 Å². The van der Waals surface area contributed by atoms with Gasteiger partial charge in [-0.05, 0) is 36.4 Å². The van der Waals surface area contributed by atoms with Crippen molar-refractivity contribution in [1.29, 1.82) is 0 Å². The van der Waals surface area contributed by atoms with Crippen molar-refractivity contribution in [3.05, 3.63) is 72.6 Å². The van der Waals surface area contributed by atoms with Gasteiger partial charge in [0.1, 0.15) is 11.0 Å². The average molecular weight is 426 g/mol. The molecule has 2 unspecified atom stereocenters. The van der Waals surface area contributed by atoms with Gasteiger partial charge < -0.3 is 14.1 Å². The third-order valence-corrected chi connectivity index (χ3v) is 7.14.